The van der Waals surface area contributed by atoms with Crippen molar-refractivity contribution >= 4 is 5.91 Å². The third kappa shape index (κ3) is 3.27. The molecule has 2 rings (SSSR count). The minimum absolute atomic E-state index is 0.0633. The summed E-state index contributed by atoms with van der Waals surface area (Å²) in [6.07, 6.45) is 0.568. The molecule has 1 aliphatic heterocycles. The minimum atomic E-state index is -0.257. The Morgan fingerprint density at radius 3 is 2.65 bits per heavy atom. The number of carbonyl (C=O) groups excluding carboxylic acids is 1. The Morgan fingerprint density at radius 1 is 1.47 bits per heavy atom. The van der Waals surface area contributed by atoms with E-state index in [1.54, 1.807) is 12.1 Å². The number of halogens is 1. The molecule has 1 saturated heterocycles. The van der Waals surface area contributed by atoms with Crippen LogP contribution < -0.4 is 10.6 Å². The van der Waals surface area contributed by atoms with Gasteiger partial charge in [-0.05, 0) is 43.6 Å². The molecule has 1 aromatic rings. The summed E-state index contributed by atoms with van der Waals surface area (Å²) in [4.78, 5) is 11.7. The third-order valence-corrected chi connectivity index (χ3v) is 3.09. The van der Waals surface area contributed by atoms with Crippen LogP contribution in [0.4, 0.5) is 4.39 Å². The van der Waals surface area contributed by atoms with Crippen LogP contribution in [0.25, 0.3) is 0 Å². The van der Waals surface area contributed by atoms with Crippen LogP contribution in [0, 0.1) is 11.7 Å². The predicted octanol–water partition coefficient (Wildman–Crippen LogP) is 1.61. The maximum Gasteiger partial charge on any atom is 0.220 e. The number of rotatable bonds is 4. The lowest BCUT2D eigenvalue weighted by atomic mass is 9.98. The predicted molar refractivity (Wildman–Crippen MR) is 63.9 cm³/mol. The second kappa shape index (κ2) is 5.27. The smallest absolute Gasteiger partial charge is 0.220 e. The highest BCUT2D eigenvalue weighted by Gasteiger charge is 2.20. The van der Waals surface area contributed by atoms with E-state index in [0.29, 0.717) is 12.3 Å². The van der Waals surface area contributed by atoms with E-state index >= 15 is 0 Å². The maximum atomic E-state index is 12.7. The highest BCUT2D eigenvalue weighted by molar-refractivity contribution is 5.76. The molecule has 0 radical (unpaired) electrons. The average molecular weight is 236 g/mol. The molecule has 4 heteroatoms. The van der Waals surface area contributed by atoms with Crippen LogP contribution in [-0.2, 0) is 4.79 Å². The Labute approximate surface area is 100 Å². The molecule has 1 heterocycles. The summed E-state index contributed by atoms with van der Waals surface area (Å²) < 4.78 is 12.7. The Morgan fingerprint density at radius 2 is 2.12 bits per heavy atom. The molecule has 1 aliphatic rings. The lowest BCUT2D eigenvalue weighted by Gasteiger charge is -2.27. The van der Waals surface area contributed by atoms with Crippen molar-refractivity contribution < 1.29 is 9.18 Å². The van der Waals surface area contributed by atoms with Gasteiger partial charge in [-0.15, -0.1) is 0 Å². The van der Waals surface area contributed by atoms with Crippen LogP contribution in [0.5, 0.6) is 0 Å². The van der Waals surface area contributed by atoms with Crippen molar-refractivity contribution in [2.45, 2.75) is 19.4 Å². The Hall–Kier alpha value is -1.42. The van der Waals surface area contributed by atoms with Crippen LogP contribution >= 0.6 is 0 Å². The average Bonchev–Trinajstić information content (AvgIpc) is 2.24. The van der Waals surface area contributed by atoms with E-state index < -0.39 is 0 Å². The van der Waals surface area contributed by atoms with E-state index in [0.717, 1.165) is 18.7 Å². The Balaban J connectivity index is 1.84. The molecule has 0 saturated carbocycles. The number of benzene rings is 1. The van der Waals surface area contributed by atoms with Crippen molar-refractivity contribution in [1.82, 2.24) is 10.6 Å². The van der Waals surface area contributed by atoms with Gasteiger partial charge in [-0.2, -0.15) is 0 Å². The molecule has 1 amide bonds. The van der Waals surface area contributed by atoms with E-state index in [9.17, 15) is 9.18 Å². The van der Waals surface area contributed by atoms with E-state index in [1.807, 2.05) is 6.92 Å². The van der Waals surface area contributed by atoms with E-state index in [-0.39, 0.29) is 17.8 Å². The lowest BCUT2D eigenvalue weighted by Crippen LogP contribution is -2.44. The van der Waals surface area contributed by atoms with E-state index in [2.05, 4.69) is 10.6 Å². The normalized spacial score (nSPS) is 17.3. The molecule has 0 spiro atoms. The molecular weight excluding hydrogens is 219 g/mol. The number of amides is 1. The van der Waals surface area contributed by atoms with Crippen LogP contribution in [0.1, 0.15) is 24.9 Å². The topological polar surface area (TPSA) is 41.1 Å². The van der Waals surface area contributed by atoms with Gasteiger partial charge in [-0.3, -0.25) is 4.79 Å². The lowest BCUT2D eigenvalue weighted by molar-refractivity contribution is -0.123. The first-order valence-corrected chi connectivity index (χ1v) is 5.90. The van der Waals surface area contributed by atoms with Gasteiger partial charge >= 0.3 is 0 Å². The third-order valence-electron chi connectivity index (χ3n) is 3.09. The largest absolute Gasteiger partial charge is 0.350 e. The molecule has 0 unspecified atom stereocenters. The van der Waals surface area contributed by atoms with Gasteiger partial charge in [0, 0.05) is 6.42 Å². The number of hydrogen-bond donors (Lipinski definition) is 2. The summed E-state index contributed by atoms with van der Waals surface area (Å²) >= 11 is 0. The highest BCUT2D eigenvalue weighted by Crippen LogP contribution is 2.14. The molecule has 0 aliphatic carbocycles. The standard InChI is InChI=1S/C13H17FN2O/c1-9(11-2-4-12(14)5-3-11)16-13(17)6-10-7-15-8-10/h2-5,9-10,15H,6-8H2,1H3,(H,16,17)/t9-/m0/s1. The minimum Gasteiger partial charge on any atom is -0.350 e. The maximum absolute atomic E-state index is 12.7. The van der Waals surface area contributed by atoms with Gasteiger partial charge in [0.2, 0.25) is 5.91 Å². The molecule has 1 atom stereocenters. The van der Waals surface area contributed by atoms with Gasteiger partial charge in [0.25, 0.3) is 0 Å². The van der Waals surface area contributed by atoms with Crippen molar-refractivity contribution in [1.29, 1.82) is 0 Å². The summed E-state index contributed by atoms with van der Waals surface area (Å²) in [5, 5.41) is 6.06. The first kappa shape index (κ1) is 12.0. The SMILES string of the molecule is C[C@H](NC(=O)CC1CNC1)c1ccc(F)cc1. The van der Waals surface area contributed by atoms with Gasteiger partial charge < -0.3 is 10.6 Å². The van der Waals surface area contributed by atoms with Crippen LogP contribution in [-0.4, -0.2) is 19.0 Å². The van der Waals surface area contributed by atoms with Crippen LogP contribution in [0.2, 0.25) is 0 Å². The van der Waals surface area contributed by atoms with Crippen molar-refractivity contribution in [2.75, 3.05) is 13.1 Å². The Kier molecular flexibility index (Phi) is 3.74. The quantitative estimate of drug-likeness (QED) is 0.834. The van der Waals surface area contributed by atoms with E-state index in [4.69, 9.17) is 0 Å². The zero-order valence-electron chi connectivity index (χ0n) is 9.87. The number of nitrogens with one attached hydrogen (secondary N) is 2. The zero-order chi connectivity index (χ0) is 12.3. The monoisotopic (exact) mass is 236 g/mol. The number of hydrogen-bond acceptors (Lipinski definition) is 2. The zero-order valence-corrected chi connectivity index (χ0v) is 9.87. The second-order valence-corrected chi connectivity index (χ2v) is 4.57. The summed E-state index contributed by atoms with van der Waals surface area (Å²) in [5.41, 5.74) is 0.923. The molecule has 0 bridgehead atoms. The molecular formula is C13H17FN2O. The van der Waals surface area contributed by atoms with Gasteiger partial charge in [0.15, 0.2) is 0 Å². The van der Waals surface area contributed by atoms with Crippen molar-refractivity contribution in [2.24, 2.45) is 5.92 Å². The summed E-state index contributed by atoms with van der Waals surface area (Å²) in [7, 11) is 0. The fourth-order valence-corrected chi connectivity index (χ4v) is 1.89. The van der Waals surface area contributed by atoms with Crippen molar-refractivity contribution in [3.8, 4) is 0 Å². The first-order valence-electron chi connectivity index (χ1n) is 5.90. The van der Waals surface area contributed by atoms with Gasteiger partial charge in [0.1, 0.15) is 5.82 Å². The summed E-state index contributed by atoms with van der Waals surface area (Å²) in [6, 6.07) is 6.15. The first-order chi connectivity index (χ1) is 8.15. The molecule has 0 aromatic heterocycles. The van der Waals surface area contributed by atoms with Crippen molar-refractivity contribution in [3.63, 3.8) is 0 Å². The van der Waals surface area contributed by atoms with Crippen LogP contribution in [0.15, 0.2) is 24.3 Å². The molecule has 1 aromatic carbocycles. The molecule has 17 heavy (non-hydrogen) atoms. The highest BCUT2D eigenvalue weighted by atomic mass is 19.1. The second-order valence-electron chi connectivity index (χ2n) is 4.57. The van der Waals surface area contributed by atoms with Gasteiger partial charge in [0.05, 0.1) is 6.04 Å². The fraction of sp³-hybridized carbons (Fsp3) is 0.462. The fourth-order valence-electron chi connectivity index (χ4n) is 1.89. The van der Waals surface area contributed by atoms with Gasteiger partial charge in [-0.25, -0.2) is 4.39 Å². The Bertz CT molecular complexity index is 387. The molecule has 3 nitrogen and oxygen atoms in total. The number of carbonyl (C=O) groups is 1. The molecule has 92 valence electrons. The van der Waals surface area contributed by atoms with Crippen LogP contribution in [0.3, 0.4) is 0 Å². The summed E-state index contributed by atoms with van der Waals surface area (Å²) in [5.74, 6) is 0.275. The van der Waals surface area contributed by atoms with Gasteiger partial charge in [-0.1, -0.05) is 12.1 Å². The van der Waals surface area contributed by atoms with Crippen molar-refractivity contribution in [3.05, 3.63) is 35.6 Å². The van der Waals surface area contributed by atoms with E-state index in [1.165, 1.54) is 12.1 Å². The summed E-state index contributed by atoms with van der Waals surface area (Å²) in [6.45, 7) is 3.76. The molecule has 1 fully saturated rings. The molecule has 2 N–H and O–H groups in total.